The Hall–Kier alpha value is -1.46. The van der Waals surface area contributed by atoms with Gasteiger partial charge in [0.2, 0.25) is 0 Å². The van der Waals surface area contributed by atoms with E-state index in [-0.39, 0.29) is 0 Å². The number of hydrogen-bond acceptors (Lipinski definition) is 5. The summed E-state index contributed by atoms with van der Waals surface area (Å²) in [6, 6.07) is 7.30. The van der Waals surface area contributed by atoms with Crippen molar-refractivity contribution in [1.29, 1.82) is 0 Å². The molecule has 4 nitrogen and oxygen atoms in total. The van der Waals surface area contributed by atoms with E-state index in [2.05, 4.69) is 4.98 Å². The average Bonchev–Trinajstić information content (AvgIpc) is 2.73. The van der Waals surface area contributed by atoms with E-state index < -0.39 is 6.10 Å². The van der Waals surface area contributed by atoms with Crippen LogP contribution in [0.3, 0.4) is 0 Å². The van der Waals surface area contributed by atoms with E-state index in [0.29, 0.717) is 16.7 Å². The predicted octanol–water partition coefficient (Wildman–Crippen LogP) is 2.39. The molecule has 17 heavy (non-hydrogen) atoms. The number of aryl methyl sites for hydroxylation is 1. The Morgan fingerprint density at radius 3 is 2.88 bits per heavy atom. The molecule has 2 aromatic rings. The van der Waals surface area contributed by atoms with Gasteiger partial charge >= 0.3 is 0 Å². The molecular formula is C12H14N2O2S. The minimum absolute atomic E-state index is 0.466. The molecule has 1 unspecified atom stereocenters. The second kappa shape index (κ2) is 5.25. The molecule has 3 N–H and O–H groups in total. The van der Waals surface area contributed by atoms with Crippen LogP contribution in [-0.4, -0.2) is 15.8 Å². The zero-order chi connectivity index (χ0) is 12.3. The SMILES string of the molecule is Cc1coc(SCC(O)c2ccccc2N)n1. The number of oxazole rings is 1. The van der Waals surface area contributed by atoms with Gasteiger partial charge in [0.25, 0.3) is 5.22 Å². The molecule has 1 aromatic carbocycles. The monoisotopic (exact) mass is 250 g/mol. The molecule has 5 heteroatoms. The van der Waals surface area contributed by atoms with Crippen LogP contribution in [0.2, 0.25) is 0 Å². The van der Waals surface area contributed by atoms with E-state index >= 15 is 0 Å². The lowest BCUT2D eigenvalue weighted by molar-refractivity contribution is 0.204. The van der Waals surface area contributed by atoms with Gasteiger partial charge < -0.3 is 15.3 Å². The number of thioether (sulfide) groups is 1. The summed E-state index contributed by atoms with van der Waals surface area (Å²) in [5.74, 6) is 0.466. The van der Waals surface area contributed by atoms with Crippen molar-refractivity contribution in [2.45, 2.75) is 18.3 Å². The topological polar surface area (TPSA) is 72.3 Å². The third kappa shape index (κ3) is 3.01. The number of aliphatic hydroxyl groups is 1. The Morgan fingerprint density at radius 2 is 2.24 bits per heavy atom. The summed E-state index contributed by atoms with van der Waals surface area (Å²) >= 11 is 1.37. The zero-order valence-electron chi connectivity index (χ0n) is 9.46. The van der Waals surface area contributed by atoms with E-state index in [1.165, 1.54) is 11.8 Å². The lowest BCUT2D eigenvalue weighted by Crippen LogP contribution is -2.04. The number of nitrogen functional groups attached to an aromatic ring is 1. The first kappa shape index (κ1) is 12.0. The third-order valence-electron chi connectivity index (χ3n) is 2.32. The molecule has 0 saturated heterocycles. The number of hydrogen-bond donors (Lipinski definition) is 2. The lowest BCUT2D eigenvalue weighted by Gasteiger charge is -2.11. The highest BCUT2D eigenvalue weighted by Gasteiger charge is 2.12. The number of benzene rings is 1. The molecule has 0 fully saturated rings. The molecule has 1 atom stereocenters. The maximum absolute atomic E-state index is 10.00. The predicted molar refractivity (Wildman–Crippen MR) is 67.8 cm³/mol. The molecule has 1 heterocycles. The molecule has 1 aromatic heterocycles. The second-order valence-corrected chi connectivity index (χ2v) is 4.68. The molecule has 0 aliphatic carbocycles. The summed E-state index contributed by atoms with van der Waals surface area (Å²) in [5, 5.41) is 10.6. The van der Waals surface area contributed by atoms with E-state index in [9.17, 15) is 5.11 Å². The van der Waals surface area contributed by atoms with Crippen LogP contribution in [0.15, 0.2) is 40.2 Å². The third-order valence-corrected chi connectivity index (χ3v) is 3.23. The summed E-state index contributed by atoms with van der Waals surface area (Å²) in [5.41, 5.74) is 7.96. The number of anilines is 1. The van der Waals surface area contributed by atoms with E-state index in [1.807, 2.05) is 25.1 Å². The fourth-order valence-corrected chi connectivity index (χ4v) is 2.26. The van der Waals surface area contributed by atoms with Crippen LogP contribution in [0.25, 0.3) is 0 Å². The van der Waals surface area contributed by atoms with Gasteiger partial charge in [0.05, 0.1) is 11.8 Å². The lowest BCUT2D eigenvalue weighted by atomic mass is 10.1. The van der Waals surface area contributed by atoms with Crippen LogP contribution in [0.5, 0.6) is 0 Å². The quantitative estimate of drug-likeness (QED) is 0.644. The summed E-state index contributed by atoms with van der Waals surface area (Å²) in [6.45, 7) is 1.86. The number of aliphatic hydroxyl groups excluding tert-OH is 1. The Bertz CT molecular complexity index is 499. The van der Waals surface area contributed by atoms with Gasteiger partial charge in [0.1, 0.15) is 6.26 Å². The zero-order valence-corrected chi connectivity index (χ0v) is 10.3. The normalized spacial score (nSPS) is 12.6. The Labute approximate surface area is 104 Å². The smallest absolute Gasteiger partial charge is 0.255 e. The molecule has 2 rings (SSSR count). The molecular weight excluding hydrogens is 236 g/mol. The van der Waals surface area contributed by atoms with E-state index in [1.54, 1.807) is 12.3 Å². The number of aromatic nitrogens is 1. The first-order valence-electron chi connectivity index (χ1n) is 5.24. The maximum Gasteiger partial charge on any atom is 0.255 e. The Morgan fingerprint density at radius 1 is 1.47 bits per heavy atom. The van der Waals surface area contributed by atoms with Crippen LogP contribution >= 0.6 is 11.8 Å². The van der Waals surface area contributed by atoms with Crippen LogP contribution < -0.4 is 5.73 Å². The van der Waals surface area contributed by atoms with Gasteiger partial charge in [-0.05, 0) is 13.0 Å². The molecule has 0 spiro atoms. The van der Waals surface area contributed by atoms with Gasteiger partial charge in [0, 0.05) is 17.0 Å². The van der Waals surface area contributed by atoms with Crippen molar-refractivity contribution in [3.8, 4) is 0 Å². The minimum atomic E-state index is -0.617. The van der Waals surface area contributed by atoms with Crippen molar-refractivity contribution in [3.05, 3.63) is 41.8 Å². The van der Waals surface area contributed by atoms with Crippen molar-refractivity contribution < 1.29 is 9.52 Å². The van der Waals surface area contributed by atoms with Gasteiger partial charge in [-0.2, -0.15) is 0 Å². The van der Waals surface area contributed by atoms with Gasteiger partial charge in [-0.25, -0.2) is 4.98 Å². The molecule has 0 aliphatic heterocycles. The minimum Gasteiger partial charge on any atom is -0.440 e. The van der Waals surface area contributed by atoms with Crippen molar-refractivity contribution in [2.24, 2.45) is 0 Å². The molecule has 0 amide bonds. The van der Waals surface area contributed by atoms with Gasteiger partial charge in [-0.15, -0.1) is 0 Å². The summed E-state index contributed by atoms with van der Waals surface area (Å²) in [6.07, 6.45) is 0.972. The fourth-order valence-electron chi connectivity index (χ4n) is 1.45. The van der Waals surface area contributed by atoms with E-state index in [4.69, 9.17) is 10.2 Å². The van der Waals surface area contributed by atoms with Crippen LogP contribution in [0, 0.1) is 6.92 Å². The Kier molecular flexibility index (Phi) is 3.71. The largest absolute Gasteiger partial charge is 0.440 e. The molecule has 0 radical (unpaired) electrons. The maximum atomic E-state index is 10.00. The van der Waals surface area contributed by atoms with Gasteiger partial charge in [-0.1, -0.05) is 30.0 Å². The highest BCUT2D eigenvalue weighted by Crippen LogP contribution is 2.26. The second-order valence-electron chi connectivity index (χ2n) is 3.71. The summed E-state index contributed by atoms with van der Waals surface area (Å²) in [7, 11) is 0. The van der Waals surface area contributed by atoms with Crippen molar-refractivity contribution in [2.75, 3.05) is 11.5 Å². The average molecular weight is 250 g/mol. The summed E-state index contributed by atoms with van der Waals surface area (Å²) < 4.78 is 5.19. The standard InChI is InChI=1S/C12H14N2O2S/c1-8-6-16-12(14-8)17-7-11(15)9-4-2-3-5-10(9)13/h2-6,11,15H,7,13H2,1H3. The van der Waals surface area contributed by atoms with Gasteiger partial charge in [-0.3, -0.25) is 0 Å². The highest BCUT2D eigenvalue weighted by atomic mass is 32.2. The number of nitrogens with zero attached hydrogens (tertiary/aromatic N) is 1. The number of rotatable bonds is 4. The number of para-hydroxylation sites is 1. The van der Waals surface area contributed by atoms with E-state index in [0.717, 1.165) is 11.3 Å². The van der Waals surface area contributed by atoms with Crippen LogP contribution in [-0.2, 0) is 0 Å². The fraction of sp³-hybridized carbons (Fsp3) is 0.250. The molecule has 0 bridgehead atoms. The van der Waals surface area contributed by atoms with Crippen LogP contribution in [0.4, 0.5) is 5.69 Å². The molecule has 90 valence electrons. The molecule has 0 saturated carbocycles. The van der Waals surface area contributed by atoms with Crippen molar-refractivity contribution in [3.63, 3.8) is 0 Å². The first-order valence-corrected chi connectivity index (χ1v) is 6.23. The van der Waals surface area contributed by atoms with Crippen molar-refractivity contribution in [1.82, 2.24) is 4.98 Å². The highest BCUT2D eigenvalue weighted by molar-refractivity contribution is 7.99. The number of nitrogens with two attached hydrogens (primary N) is 1. The Balaban J connectivity index is 1.98. The first-order chi connectivity index (χ1) is 8.16. The van der Waals surface area contributed by atoms with Gasteiger partial charge in [0.15, 0.2) is 0 Å². The van der Waals surface area contributed by atoms with Crippen LogP contribution in [0.1, 0.15) is 17.4 Å². The molecule has 0 aliphatic rings. The van der Waals surface area contributed by atoms with Crippen molar-refractivity contribution >= 4 is 17.4 Å². The summed E-state index contributed by atoms with van der Waals surface area (Å²) in [4.78, 5) is 4.15.